The number of rotatable bonds is 0. The van der Waals surface area contributed by atoms with Crippen LogP contribution in [0.5, 0.6) is 0 Å². The molecule has 1 aliphatic heterocycles. The van der Waals surface area contributed by atoms with Crippen LogP contribution in [0.15, 0.2) is 0 Å². The SMILES string of the molecule is [2H]C1(C)CCCN1. The van der Waals surface area contributed by atoms with Crippen LogP contribution in [0.25, 0.3) is 0 Å². The van der Waals surface area contributed by atoms with Crippen molar-refractivity contribution in [3.05, 3.63) is 0 Å². The molecule has 0 saturated carbocycles. The second-order valence-electron chi connectivity index (χ2n) is 1.81. The van der Waals surface area contributed by atoms with Crippen LogP contribution in [0.1, 0.15) is 21.1 Å². The van der Waals surface area contributed by atoms with Gasteiger partial charge in [0.15, 0.2) is 0 Å². The summed E-state index contributed by atoms with van der Waals surface area (Å²) >= 11 is 0. The third-order valence-electron chi connectivity index (χ3n) is 1.16. The lowest BCUT2D eigenvalue weighted by Crippen LogP contribution is -2.16. The van der Waals surface area contributed by atoms with Gasteiger partial charge in [0.05, 0.1) is 0 Å². The van der Waals surface area contributed by atoms with E-state index in [4.69, 9.17) is 1.37 Å². The van der Waals surface area contributed by atoms with Gasteiger partial charge in [-0.2, -0.15) is 0 Å². The molecule has 0 radical (unpaired) electrons. The fourth-order valence-electron chi connectivity index (χ4n) is 0.744. The number of nitrogens with one attached hydrogen (secondary N) is 1. The highest BCUT2D eigenvalue weighted by molar-refractivity contribution is 4.67. The number of hydrogen-bond acceptors (Lipinski definition) is 1. The summed E-state index contributed by atoms with van der Waals surface area (Å²) in [6, 6.07) is -0.306. The van der Waals surface area contributed by atoms with Crippen molar-refractivity contribution < 1.29 is 1.37 Å². The molecular weight excluding hydrogens is 74.1 g/mol. The quantitative estimate of drug-likeness (QED) is 0.459. The van der Waals surface area contributed by atoms with Gasteiger partial charge in [-0.05, 0) is 26.3 Å². The lowest BCUT2D eigenvalue weighted by Gasteiger charge is -1.95. The van der Waals surface area contributed by atoms with Crippen LogP contribution in [-0.2, 0) is 0 Å². The first-order valence-corrected chi connectivity index (χ1v) is 2.46. The van der Waals surface area contributed by atoms with E-state index in [1.54, 1.807) is 0 Å². The van der Waals surface area contributed by atoms with Gasteiger partial charge in [0, 0.05) is 7.39 Å². The van der Waals surface area contributed by atoms with E-state index in [0.29, 0.717) is 0 Å². The fraction of sp³-hybridized carbons (Fsp3) is 1.00. The third kappa shape index (κ3) is 0.716. The average Bonchev–Trinajstić information content (AvgIpc) is 1.84. The minimum Gasteiger partial charge on any atom is -0.314 e. The molecule has 1 saturated heterocycles. The van der Waals surface area contributed by atoms with E-state index in [1.807, 2.05) is 6.92 Å². The predicted octanol–water partition coefficient (Wildman–Crippen LogP) is 0.758. The molecule has 0 aliphatic carbocycles. The molecule has 0 aromatic rings. The van der Waals surface area contributed by atoms with Crippen LogP contribution in [0.3, 0.4) is 0 Å². The summed E-state index contributed by atoms with van der Waals surface area (Å²) in [4.78, 5) is 0. The van der Waals surface area contributed by atoms with Crippen LogP contribution in [0.4, 0.5) is 0 Å². The van der Waals surface area contributed by atoms with Gasteiger partial charge in [-0.15, -0.1) is 0 Å². The van der Waals surface area contributed by atoms with E-state index in [9.17, 15) is 0 Å². The largest absolute Gasteiger partial charge is 0.314 e. The van der Waals surface area contributed by atoms with Gasteiger partial charge in [-0.3, -0.25) is 0 Å². The van der Waals surface area contributed by atoms with Crippen molar-refractivity contribution in [2.45, 2.75) is 25.8 Å². The van der Waals surface area contributed by atoms with Gasteiger partial charge in [-0.1, -0.05) is 0 Å². The van der Waals surface area contributed by atoms with Crippen LogP contribution in [-0.4, -0.2) is 12.6 Å². The van der Waals surface area contributed by atoms with Crippen LogP contribution in [0, 0.1) is 0 Å². The molecule has 1 nitrogen and oxygen atoms in total. The van der Waals surface area contributed by atoms with Gasteiger partial charge in [0.1, 0.15) is 0 Å². The Balaban J connectivity index is 2.40. The first-order chi connectivity index (χ1) is 3.21. The zero-order chi connectivity index (χ0) is 5.33. The van der Waals surface area contributed by atoms with Gasteiger partial charge in [0.2, 0.25) is 0 Å². The van der Waals surface area contributed by atoms with Gasteiger partial charge < -0.3 is 5.32 Å². The molecule has 36 valence electrons. The topological polar surface area (TPSA) is 12.0 Å². The maximum absolute atomic E-state index is 7.38. The normalized spacial score (nSPS) is 49.2. The monoisotopic (exact) mass is 86.1 g/mol. The second kappa shape index (κ2) is 1.61. The lowest BCUT2D eigenvalue weighted by atomic mass is 10.3. The summed E-state index contributed by atoms with van der Waals surface area (Å²) in [6.07, 6.45) is 2.17. The average molecular weight is 86.2 g/mol. The molecular formula is C5H11N. The van der Waals surface area contributed by atoms with E-state index >= 15 is 0 Å². The highest BCUT2D eigenvalue weighted by atomic mass is 14.9. The summed E-state index contributed by atoms with van der Waals surface area (Å²) < 4.78 is 7.38. The molecule has 0 aromatic carbocycles. The smallest absolute Gasteiger partial charge is 0.0462 e. The van der Waals surface area contributed by atoms with Crippen molar-refractivity contribution in [3.63, 3.8) is 0 Å². The Kier molecular flexibility index (Phi) is 0.810. The molecule has 1 N–H and O–H groups in total. The Hall–Kier alpha value is -0.0400. The fourth-order valence-corrected chi connectivity index (χ4v) is 0.744. The molecule has 6 heavy (non-hydrogen) atoms. The van der Waals surface area contributed by atoms with E-state index in [1.165, 1.54) is 6.42 Å². The first-order valence-electron chi connectivity index (χ1n) is 2.96. The summed E-state index contributed by atoms with van der Waals surface area (Å²) in [7, 11) is 0. The second-order valence-corrected chi connectivity index (χ2v) is 1.81. The van der Waals surface area contributed by atoms with Crippen molar-refractivity contribution in [2.24, 2.45) is 0 Å². The third-order valence-corrected chi connectivity index (χ3v) is 1.16. The summed E-state index contributed by atoms with van der Waals surface area (Å²) in [5.74, 6) is 0. The highest BCUT2D eigenvalue weighted by Gasteiger charge is 2.05. The van der Waals surface area contributed by atoms with Crippen LogP contribution in [0.2, 0.25) is 0 Å². The summed E-state index contributed by atoms with van der Waals surface area (Å²) in [5.41, 5.74) is 0. The van der Waals surface area contributed by atoms with Crippen molar-refractivity contribution in [3.8, 4) is 0 Å². The van der Waals surface area contributed by atoms with E-state index < -0.39 is 0 Å². The standard InChI is InChI=1S/C5H11N/c1-5-3-2-4-6-5/h5-6H,2-4H2,1H3/i5D. The predicted molar refractivity (Wildman–Crippen MR) is 26.7 cm³/mol. The Morgan fingerprint density at radius 3 is 3.00 bits per heavy atom. The molecule has 0 amide bonds. The molecule has 1 atom stereocenters. The Labute approximate surface area is 40.1 Å². The minimum absolute atomic E-state index is 0.306. The lowest BCUT2D eigenvalue weighted by molar-refractivity contribution is 0.664. The van der Waals surface area contributed by atoms with Gasteiger partial charge in [-0.25, -0.2) is 0 Å². The molecule has 1 unspecified atom stereocenters. The zero-order valence-electron chi connectivity index (χ0n) is 5.12. The Morgan fingerprint density at radius 1 is 2.00 bits per heavy atom. The first kappa shape index (κ1) is 3.03. The van der Waals surface area contributed by atoms with Crippen LogP contribution >= 0.6 is 0 Å². The summed E-state index contributed by atoms with van der Waals surface area (Å²) in [6.45, 7) is 2.94. The Morgan fingerprint density at radius 2 is 2.83 bits per heavy atom. The molecule has 0 bridgehead atoms. The van der Waals surface area contributed by atoms with Crippen molar-refractivity contribution in [1.29, 1.82) is 0 Å². The number of hydrogen-bond donors (Lipinski definition) is 1. The van der Waals surface area contributed by atoms with Crippen molar-refractivity contribution in [1.82, 2.24) is 5.32 Å². The molecule has 1 fully saturated rings. The summed E-state index contributed by atoms with van der Waals surface area (Å²) in [5, 5.41) is 3.06. The Bertz CT molecular complexity index is 62.5. The zero-order valence-corrected chi connectivity index (χ0v) is 4.12. The van der Waals surface area contributed by atoms with Crippen molar-refractivity contribution in [2.75, 3.05) is 6.54 Å². The molecule has 1 heteroatoms. The molecule has 0 aromatic heterocycles. The van der Waals surface area contributed by atoms with E-state index in [0.717, 1.165) is 13.0 Å². The molecule has 1 aliphatic rings. The molecule has 0 spiro atoms. The van der Waals surface area contributed by atoms with E-state index in [-0.39, 0.29) is 6.02 Å². The maximum Gasteiger partial charge on any atom is 0.0462 e. The van der Waals surface area contributed by atoms with E-state index in [2.05, 4.69) is 5.32 Å². The highest BCUT2D eigenvalue weighted by Crippen LogP contribution is 2.01. The maximum atomic E-state index is 7.38. The molecule has 1 heterocycles. The minimum atomic E-state index is -0.306. The van der Waals surface area contributed by atoms with Gasteiger partial charge >= 0.3 is 0 Å². The molecule has 1 rings (SSSR count). The van der Waals surface area contributed by atoms with Gasteiger partial charge in [0.25, 0.3) is 0 Å². The van der Waals surface area contributed by atoms with Crippen molar-refractivity contribution >= 4 is 0 Å². The van der Waals surface area contributed by atoms with Crippen LogP contribution < -0.4 is 5.32 Å².